The van der Waals surface area contributed by atoms with Crippen molar-refractivity contribution in [2.24, 2.45) is 0 Å². The van der Waals surface area contributed by atoms with Crippen LogP contribution in [0.2, 0.25) is 0 Å². The van der Waals surface area contributed by atoms with Gasteiger partial charge >= 0.3 is 6.03 Å². The van der Waals surface area contributed by atoms with Gasteiger partial charge in [-0.2, -0.15) is 0 Å². The second-order valence-corrected chi connectivity index (χ2v) is 6.95. The average Bonchev–Trinajstić information content (AvgIpc) is 3.06. The zero-order chi connectivity index (χ0) is 19.1. The Morgan fingerprint density at radius 3 is 2.44 bits per heavy atom. The number of amides is 3. The first-order valence-corrected chi connectivity index (χ1v) is 9.62. The van der Waals surface area contributed by atoms with E-state index in [4.69, 9.17) is 0 Å². The summed E-state index contributed by atoms with van der Waals surface area (Å²) in [7, 11) is 0. The standard InChI is InChI=1S/C22H27N3O2/c1-2-3-14-24(16-18-10-6-4-7-11-18)22(27)23-19-15-21(26)25(17-19)20-12-8-5-9-13-20/h4-13,19H,2-3,14-17H2,1H3,(H,23,27). The number of carbonyl (C=O) groups excluding carboxylic acids is 2. The van der Waals surface area contributed by atoms with Crippen molar-refractivity contribution in [1.29, 1.82) is 0 Å². The number of urea groups is 1. The van der Waals surface area contributed by atoms with Crippen LogP contribution in [-0.2, 0) is 11.3 Å². The number of nitrogens with zero attached hydrogens (tertiary/aromatic N) is 2. The van der Waals surface area contributed by atoms with Crippen LogP contribution in [0.3, 0.4) is 0 Å². The molecule has 27 heavy (non-hydrogen) atoms. The minimum atomic E-state index is -0.162. The van der Waals surface area contributed by atoms with Gasteiger partial charge in [0.2, 0.25) is 5.91 Å². The van der Waals surface area contributed by atoms with Crippen LogP contribution in [0.1, 0.15) is 31.7 Å². The molecule has 0 saturated carbocycles. The largest absolute Gasteiger partial charge is 0.333 e. The molecule has 1 N–H and O–H groups in total. The number of nitrogens with one attached hydrogen (secondary N) is 1. The summed E-state index contributed by atoms with van der Waals surface area (Å²) in [4.78, 5) is 28.8. The molecule has 0 bridgehead atoms. The quantitative estimate of drug-likeness (QED) is 0.811. The van der Waals surface area contributed by atoms with Crippen molar-refractivity contribution in [2.75, 3.05) is 18.0 Å². The Hall–Kier alpha value is -2.82. The summed E-state index contributed by atoms with van der Waals surface area (Å²) in [5.74, 6) is 0.0506. The predicted octanol–water partition coefficient (Wildman–Crippen LogP) is 3.80. The zero-order valence-electron chi connectivity index (χ0n) is 15.8. The van der Waals surface area contributed by atoms with Crippen molar-refractivity contribution < 1.29 is 9.59 Å². The number of hydrogen-bond acceptors (Lipinski definition) is 2. The van der Waals surface area contributed by atoms with Crippen molar-refractivity contribution in [3.05, 3.63) is 66.2 Å². The van der Waals surface area contributed by atoms with E-state index in [0.717, 1.165) is 24.1 Å². The van der Waals surface area contributed by atoms with E-state index in [1.165, 1.54) is 0 Å². The molecule has 0 aromatic heterocycles. The van der Waals surface area contributed by atoms with Gasteiger partial charge in [0.25, 0.3) is 0 Å². The number of anilines is 1. The Morgan fingerprint density at radius 2 is 1.78 bits per heavy atom. The molecule has 0 aliphatic carbocycles. The van der Waals surface area contributed by atoms with E-state index in [1.54, 1.807) is 4.90 Å². The minimum absolute atomic E-state index is 0.0506. The molecule has 2 aromatic carbocycles. The van der Waals surface area contributed by atoms with E-state index < -0.39 is 0 Å². The van der Waals surface area contributed by atoms with Crippen molar-refractivity contribution >= 4 is 17.6 Å². The van der Waals surface area contributed by atoms with Gasteiger partial charge in [-0.3, -0.25) is 4.79 Å². The lowest BCUT2D eigenvalue weighted by Crippen LogP contribution is -2.45. The molecule has 2 aromatic rings. The SMILES string of the molecule is CCCCN(Cc1ccccc1)C(=O)NC1CC(=O)N(c2ccccc2)C1. The van der Waals surface area contributed by atoms with Gasteiger partial charge in [0, 0.05) is 31.7 Å². The molecule has 5 heteroatoms. The summed E-state index contributed by atoms with van der Waals surface area (Å²) < 4.78 is 0. The van der Waals surface area contributed by atoms with Crippen molar-refractivity contribution in [3.63, 3.8) is 0 Å². The lowest BCUT2D eigenvalue weighted by Gasteiger charge is -2.25. The molecule has 1 aliphatic heterocycles. The Bertz CT molecular complexity index is 749. The minimum Gasteiger partial charge on any atom is -0.333 e. The third-order valence-electron chi connectivity index (χ3n) is 4.81. The number of rotatable bonds is 7. The molecule has 1 heterocycles. The first-order chi connectivity index (χ1) is 13.2. The Morgan fingerprint density at radius 1 is 1.11 bits per heavy atom. The fourth-order valence-electron chi connectivity index (χ4n) is 3.33. The third kappa shape index (κ3) is 5.09. The van der Waals surface area contributed by atoms with Gasteiger partial charge in [-0.15, -0.1) is 0 Å². The Kier molecular flexibility index (Phi) is 6.47. The van der Waals surface area contributed by atoms with Crippen LogP contribution in [0.5, 0.6) is 0 Å². The number of benzene rings is 2. The highest BCUT2D eigenvalue weighted by molar-refractivity contribution is 5.96. The van der Waals surface area contributed by atoms with Crippen LogP contribution in [-0.4, -0.2) is 36.0 Å². The highest BCUT2D eigenvalue weighted by atomic mass is 16.2. The smallest absolute Gasteiger partial charge is 0.317 e. The monoisotopic (exact) mass is 365 g/mol. The van der Waals surface area contributed by atoms with Gasteiger partial charge in [-0.25, -0.2) is 4.79 Å². The molecule has 1 saturated heterocycles. The summed E-state index contributed by atoms with van der Waals surface area (Å²) in [6, 6.07) is 19.4. The lowest BCUT2D eigenvalue weighted by molar-refractivity contribution is -0.117. The van der Waals surface area contributed by atoms with Crippen LogP contribution in [0.25, 0.3) is 0 Å². The van der Waals surface area contributed by atoms with Gasteiger partial charge in [0.1, 0.15) is 0 Å². The first kappa shape index (κ1) is 19.0. The van der Waals surface area contributed by atoms with E-state index in [9.17, 15) is 9.59 Å². The average molecular weight is 365 g/mol. The molecule has 142 valence electrons. The lowest BCUT2D eigenvalue weighted by atomic mass is 10.2. The van der Waals surface area contributed by atoms with E-state index in [1.807, 2.05) is 65.6 Å². The predicted molar refractivity (Wildman–Crippen MR) is 107 cm³/mol. The van der Waals surface area contributed by atoms with Crippen LogP contribution >= 0.6 is 0 Å². The zero-order valence-corrected chi connectivity index (χ0v) is 15.8. The molecule has 3 amide bonds. The maximum Gasteiger partial charge on any atom is 0.317 e. The van der Waals surface area contributed by atoms with E-state index in [0.29, 0.717) is 26.1 Å². The van der Waals surface area contributed by atoms with Crippen molar-refractivity contribution in [3.8, 4) is 0 Å². The maximum atomic E-state index is 12.8. The van der Waals surface area contributed by atoms with E-state index >= 15 is 0 Å². The van der Waals surface area contributed by atoms with Crippen LogP contribution in [0.4, 0.5) is 10.5 Å². The number of carbonyl (C=O) groups is 2. The van der Waals surface area contributed by atoms with Crippen LogP contribution in [0, 0.1) is 0 Å². The third-order valence-corrected chi connectivity index (χ3v) is 4.81. The van der Waals surface area contributed by atoms with Crippen LogP contribution < -0.4 is 10.2 Å². The number of unbranched alkanes of at least 4 members (excludes halogenated alkanes) is 1. The Labute approximate surface area is 161 Å². The molecule has 1 aliphatic rings. The Balaban J connectivity index is 1.62. The fraction of sp³-hybridized carbons (Fsp3) is 0.364. The topological polar surface area (TPSA) is 52.7 Å². The molecule has 1 atom stereocenters. The summed E-state index contributed by atoms with van der Waals surface area (Å²) in [6.45, 7) is 3.92. The van der Waals surface area contributed by atoms with Crippen molar-refractivity contribution in [1.82, 2.24) is 10.2 Å². The van der Waals surface area contributed by atoms with Gasteiger partial charge in [0.15, 0.2) is 0 Å². The normalized spacial score (nSPS) is 16.4. The summed E-state index contributed by atoms with van der Waals surface area (Å²) in [5, 5.41) is 3.06. The molecule has 1 unspecified atom stereocenters. The fourth-order valence-corrected chi connectivity index (χ4v) is 3.33. The highest BCUT2D eigenvalue weighted by Gasteiger charge is 2.32. The van der Waals surface area contributed by atoms with E-state index in [-0.39, 0.29) is 18.0 Å². The molecule has 0 radical (unpaired) electrons. The first-order valence-electron chi connectivity index (χ1n) is 9.62. The van der Waals surface area contributed by atoms with Gasteiger partial charge in [-0.1, -0.05) is 61.9 Å². The second kappa shape index (κ2) is 9.21. The number of para-hydroxylation sites is 1. The molecule has 3 rings (SSSR count). The maximum absolute atomic E-state index is 12.8. The molecular formula is C22H27N3O2. The summed E-state index contributed by atoms with van der Waals surface area (Å²) >= 11 is 0. The second-order valence-electron chi connectivity index (χ2n) is 6.95. The molecule has 0 spiro atoms. The molecule has 5 nitrogen and oxygen atoms in total. The number of hydrogen-bond donors (Lipinski definition) is 1. The highest BCUT2D eigenvalue weighted by Crippen LogP contribution is 2.21. The van der Waals surface area contributed by atoms with Crippen LogP contribution in [0.15, 0.2) is 60.7 Å². The molecule has 1 fully saturated rings. The van der Waals surface area contributed by atoms with Crippen molar-refractivity contribution in [2.45, 2.75) is 38.8 Å². The van der Waals surface area contributed by atoms with E-state index in [2.05, 4.69) is 12.2 Å². The van der Waals surface area contributed by atoms with Gasteiger partial charge in [0.05, 0.1) is 6.04 Å². The van der Waals surface area contributed by atoms with Gasteiger partial charge in [-0.05, 0) is 24.1 Å². The summed E-state index contributed by atoms with van der Waals surface area (Å²) in [6.07, 6.45) is 2.33. The summed E-state index contributed by atoms with van der Waals surface area (Å²) in [5.41, 5.74) is 1.99. The molecular weight excluding hydrogens is 338 g/mol. The van der Waals surface area contributed by atoms with Gasteiger partial charge < -0.3 is 15.1 Å².